The standard InChI is InChI=1S/C23H36F2O2/c1-15-6-7-16(2)22(13-19(15)10-11-23(24,25)14-26)21-9-8-20(27-5)12-17(3)18(21)4/h8-9,12,15-17,19,22,26H,6-7,10-11,13-14H2,1-5H3/t15?,16-,17?,19?,22-/m0/s1. The van der Waals surface area contributed by atoms with Gasteiger partial charge >= 0.3 is 0 Å². The summed E-state index contributed by atoms with van der Waals surface area (Å²) in [6.07, 6.45) is 9.77. The molecule has 0 aliphatic heterocycles. The largest absolute Gasteiger partial charge is 0.497 e. The lowest BCUT2D eigenvalue weighted by atomic mass is 9.76. The average molecular weight is 383 g/mol. The molecule has 1 N–H and O–H groups in total. The van der Waals surface area contributed by atoms with Gasteiger partial charge in [0.05, 0.1) is 7.11 Å². The Morgan fingerprint density at radius 1 is 1.15 bits per heavy atom. The van der Waals surface area contributed by atoms with Gasteiger partial charge in [-0.05, 0) is 73.5 Å². The summed E-state index contributed by atoms with van der Waals surface area (Å²) in [7, 11) is 1.69. The Bertz CT molecular complexity index is 591. The Kier molecular flexibility index (Phi) is 7.67. The van der Waals surface area contributed by atoms with Gasteiger partial charge in [0.25, 0.3) is 5.92 Å². The van der Waals surface area contributed by atoms with Gasteiger partial charge in [0.1, 0.15) is 12.4 Å². The lowest BCUT2D eigenvalue weighted by Crippen LogP contribution is -2.25. The second kappa shape index (κ2) is 9.36. The SMILES string of the molecule is COC1=CC(C)C(C)=C([C@H]2CC(CCC(F)(F)CO)C(C)CC[C@@H]2C)C=C1. The van der Waals surface area contributed by atoms with Crippen LogP contribution < -0.4 is 0 Å². The molecule has 1 saturated carbocycles. The summed E-state index contributed by atoms with van der Waals surface area (Å²) in [5.74, 6) is -0.170. The first-order valence-corrected chi connectivity index (χ1v) is 10.3. The van der Waals surface area contributed by atoms with E-state index in [-0.39, 0.29) is 12.3 Å². The van der Waals surface area contributed by atoms with Crippen LogP contribution in [0.4, 0.5) is 8.78 Å². The Labute approximate surface area is 163 Å². The molecule has 5 atom stereocenters. The molecule has 2 nitrogen and oxygen atoms in total. The van der Waals surface area contributed by atoms with E-state index in [1.165, 1.54) is 11.1 Å². The lowest BCUT2D eigenvalue weighted by molar-refractivity contribution is -0.0618. The molecule has 0 heterocycles. The number of hydrogen-bond acceptors (Lipinski definition) is 2. The third kappa shape index (κ3) is 5.66. The summed E-state index contributed by atoms with van der Waals surface area (Å²) in [6, 6.07) is 0. The summed E-state index contributed by atoms with van der Waals surface area (Å²) in [6.45, 7) is 7.83. The van der Waals surface area contributed by atoms with Crippen LogP contribution in [0.2, 0.25) is 0 Å². The van der Waals surface area contributed by atoms with Crippen molar-refractivity contribution in [2.75, 3.05) is 13.7 Å². The van der Waals surface area contributed by atoms with Gasteiger partial charge in [-0.15, -0.1) is 0 Å². The van der Waals surface area contributed by atoms with Crippen molar-refractivity contribution in [3.8, 4) is 0 Å². The monoisotopic (exact) mass is 382 g/mol. The van der Waals surface area contributed by atoms with Crippen molar-refractivity contribution in [3.63, 3.8) is 0 Å². The van der Waals surface area contributed by atoms with Crippen LogP contribution in [-0.2, 0) is 4.74 Å². The molecule has 0 bridgehead atoms. The van der Waals surface area contributed by atoms with Gasteiger partial charge in [0, 0.05) is 6.42 Å². The van der Waals surface area contributed by atoms with Crippen LogP contribution in [0.15, 0.2) is 35.1 Å². The molecule has 0 aromatic rings. The van der Waals surface area contributed by atoms with E-state index in [2.05, 4.69) is 39.8 Å². The van der Waals surface area contributed by atoms with Gasteiger partial charge in [-0.1, -0.05) is 38.8 Å². The zero-order valence-corrected chi connectivity index (χ0v) is 17.5. The van der Waals surface area contributed by atoms with Crippen molar-refractivity contribution >= 4 is 0 Å². The van der Waals surface area contributed by atoms with Crippen LogP contribution in [0.3, 0.4) is 0 Å². The fourth-order valence-corrected chi connectivity index (χ4v) is 4.61. The molecule has 2 rings (SSSR count). The molecule has 0 saturated heterocycles. The molecular weight excluding hydrogens is 346 g/mol. The predicted molar refractivity (Wildman–Crippen MR) is 107 cm³/mol. The van der Waals surface area contributed by atoms with Crippen LogP contribution in [0, 0.1) is 29.6 Å². The summed E-state index contributed by atoms with van der Waals surface area (Å²) in [5, 5.41) is 8.90. The first-order chi connectivity index (χ1) is 12.7. The number of aliphatic hydroxyl groups excluding tert-OH is 1. The summed E-state index contributed by atoms with van der Waals surface area (Å²) >= 11 is 0. The topological polar surface area (TPSA) is 29.5 Å². The molecule has 154 valence electrons. The highest BCUT2D eigenvalue weighted by atomic mass is 19.3. The Hall–Kier alpha value is -1.16. The van der Waals surface area contributed by atoms with E-state index in [1.54, 1.807) is 7.11 Å². The molecule has 0 aromatic heterocycles. The number of allylic oxidation sites excluding steroid dienone is 5. The normalized spacial score (nSPS) is 32.7. The second-order valence-corrected chi connectivity index (χ2v) is 8.72. The first kappa shape index (κ1) is 22.1. The van der Waals surface area contributed by atoms with Crippen molar-refractivity contribution in [3.05, 3.63) is 35.1 Å². The van der Waals surface area contributed by atoms with Gasteiger partial charge in [-0.2, -0.15) is 0 Å². The molecule has 2 aliphatic carbocycles. The molecule has 0 aromatic carbocycles. The number of aliphatic hydroxyl groups is 1. The number of halogens is 2. The molecule has 0 radical (unpaired) electrons. The van der Waals surface area contributed by atoms with E-state index in [0.717, 1.165) is 25.0 Å². The van der Waals surface area contributed by atoms with E-state index in [0.29, 0.717) is 30.1 Å². The molecule has 3 unspecified atom stereocenters. The predicted octanol–water partition coefficient (Wildman–Crippen LogP) is 6.14. The second-order valence-electron chi connectivity index (χ2n) is 8.72. The van der Waals surface area contributed by atoms with E-state index in [1.807, 2.05) is 6.08 Å². The summed E-state index contributed by atoms with van der Waals surface area (Å²) < 4.78 is 32.7. The van der Waals surface area contributed by atoms with E-state index in [9.17, 15) is 8.78 Å². The summed E-state index contributed by atoms with van der Waals surface area (Å²) in [5.41, 5.74) is 2.70. The van der Waals surface area contributed by atoms with Crippen molar-refractivity contribution < 1.29 is 18.6 Å². The van der Waals surface area contributed by atoms with E-state index < -0.39 is 12.5 Å². The lowest BCUT2D eigenvalue weighted by Gasteiger charge is -2.30. The number of hydrogen-bond donors (Lipinski definition) is 1. The molecule has 2 aliphatic rings. The molecule has 1 fully saturated rings. The maximum atomic E-state index is 13.6. The fraction of sp³-hybridized carbons (Fsp3) is 0.739. The number of methoxy groups -OCH3 is 1. The number of rotatable bonds is 6. The van der Waals surface area contributed by atoms with Gasteiger partial charge in [0.2, 0.25) is 0 Å². The van der Waals surface area contributed by atoms with Crippen molar-refractivity contribution in [2.45, 2.75) is 65.7 Å². The van der Waals surface area contributed by atoms with Gasteiger partial charge in [0.15, 0.2) is 0 Å². The van der Waals surface area contributed by atoms with E-state index >= 15 is 0 Å². The highest BCUT2D eigenvalue weighted by Crippen LogP contribution is 2.44. The smallest absolute Gasteiger partial charge is 0.270 e. The Morgan fingerprint density at radius 3 is 2.44 bits per heavy atom. The minimum atomic E-state index is -2.96. The van der Waals surface area contributed by atoms with Crippen molar-refractivity contribution in [2.24, 2.45) is 29.6 Å². The van der Waals surface area contributed by atoms with Gasteiger partial charge in [-0.25, -0.2) is 8.78 Å². The van der Waals surface area contributed by atoms with Crippen LogP contribution >= 0.6 is 0 Å². The molecule has 4 heteroatoms. The van der Waals surface area contributed by atoms with Crippen LogP contribution in [0.5, 0.6) is 0 Å². The van der Waals surface area contributed by atoms with Crippen molar-refractivity contribution in [1.29, 1.82) is 0 Å². The Morgan fingerprint density at radius 2 is 1.81 bits per heavy atom. The zero-order valence-electron chi connectivity index (χ0n) is 17.5. The number of ether oxygens (including phenoxy) is 1. The Balaban J connectivity index is 2.24. The summed E-state index contributed by atoms with van der Waals surface area (Å²) in [4.78, 5) is 0. The maximum Gasteiger partial charge on any atom is 0.270 e. The maximum absolute atomic E-state index is 13.6. The van der Waals surface area contributed by atoms with Gasteiger partial charge < -0.3 is 9.84 Å². The van der Waals surface area contributed by atoms with Crippen LogP contribution in [0.1, 0.15) is 59.8 Å². The first-order valence-electron chi connectivity index (χ1n) is 10.3. The minimum absolute atomic E-state index is 0.223. The molecular formula is C23H36F2O2. The van der Waals surface area contributed by atoms with Crippen LogP contribution in [-0.4, -0.2) is 24.7 Å². The molecule has 0 amide bonds. The van der Waals surface area contributed by atoms with E-state index in [4.69, 9.17) is 9.84 Å². The van der Waals surface area contributed by atoms with Gasteiger partial charge in [-0.3, -0.25) is 0 Å². The number of alkyl halides is 2. The fourth-order valence-electron chi connectivity index (χ4n) is 4.61. The highest BCUT2D eigenvalue weighted by Gasteiger charge is 2.35. The van der Waals surface area contributed by atoms with Crippen LogP contribution in [0.25, 0.3) is 0 Å². The van der Waals surface area contributed by atoms with Crippen molar-refractivity contribution in [1.82, 2.24) is 0 Å². The third-order valence-electron chi connectivity index (χ3n) is 6.85. The quantitative estimate of drug-likeness (QED) is 0.560. The average Bonchev–Trinajstić information content (AvgIpc) is 2.87. The molecule has 0 spiro atoms. The third-order valence-corrected chi connectivity index (χ3v) is 6.85. The minimum Gasteiger partial charge on any atom is -0.497 e. The zero-order chi connectivity index (χ0) is 20.2. The molecule has 27 heavy (non-hydrogen) atoms. The highest BCUT2D eigenvalue weighted by molar-refractivity contribution is 5.37.